The summed E-state index contributed by atoms with van der Waals surface area (Å²) in [5, 5.41) is 2.57. The van der Waals surface area contributed by atoms with Gasteiger partial charge in [-0.3, -0.25) is 0 Å². The lowest BCUT2D eigenvalue weighted by Crippen LogP contribution is -2.22. The molecule has 5 aromatic carbocycles. The van der Waals surface area contributed by atoms with Gasteiger partial charge in [0.25, 0.3) is 0 Å². The number of nitrogens with zero attached hydrogens (tertiary/aromatic N) is 1. The van der Waals surface area contributed by atoms with E-state index in [1.165, 1.54) is 66.4 Å². The van der Waals surface area contributed by atoms with Gasteiger partial charge in [-0.2, -0.15) is 0 Å². The van der Waals surface area contributed by atoms with Crippen LogP contribution < -0.4 is 0 Å². The SMILES string of the molecule is CC(C)(C)c1ccc(-c2cccc(-n3c4ccccc4c4cccc(-c5ccccc5)c43)c2C(C)(C)C)cc1C(C)(C)C. The maximum absolute atomic E-state index is 2.53. The van der Waals surface area contributed by atoms with Crippen LogP contribution in [0.3, 0.4) is 0 Å². The predicted octanol–water partition coefficient (Wildman–Crippen LogP) is 12.0. The topological polar surface area (TPSA) is 4.93 Å². The summed E-state index contributed by atoms with van der Waals surface area (Å²) in [5.74, 6) is 0. The summed E-state index contributed by atoms with van der Waals surface area (Å²) in [6, 6.07) is 40.5. The van der Waals surface area contributed by atoms with E-state index in [1.807, 2.05) is 0 Å². The molecule has 218 valence electrons. The van der Waals surface area contributed by atoms with Gasteiger partial charge in [-0.15, -0.1) is 0 Å². The van der Waals surface area contributed by atoms with E-state index in [2.05, 4.69) is 176 Å². The van der Waals surface area contributed by atoms with Crippen molar-refractivity contribution in [3.8, 4) is 27.9 Å². The van der Waals surface area contributed by atoms with Gasteiger partial charge in [0, 0.05) is 16.3 Å². The molecule has 0 spiro atoms. The van der Waals surface area contributed by atoms with Crippen LogP contribution in [0, 0.1) is 0 Å². The highest BCUT2D eigenvalue weighted by molar-refractivity contribution is 6.14. The van der Waals surface area contributed by atoms with E-state index in [-0.39, 0.29) is 16.2 Å². The molecular formula is C42H45N. The zero-order chi connectivity index (χ0) is 30.7. The van der Waals surface area contributed by atoms with Crippen LogP contribution >= 0.6 is 0 Å². The first-order chi connectivity index (χ1) is 20.3. The Labute approximate surface area is 258 Å². The van der Waals surface area contributed by atoms with Crippen LogP contribution in [0.15, 0.2) is 109 Å². The molecule has 0 bridgehead atoms. The lowest BCUT2D eigenvalue weighted by Gasteiger charge is -2.32. The highest BCUT2D eigenvalue weighted by Crippen LogP contribution is 2.44. The van der Waals surface area contributed by atoms with Crippen molar-refractivity contribution in [2.24, 2.45) is 0 Å². The number of fused-ring (bicyclic) bond motifs is 3. The zero-order valence-electron chi connectivity index (χ0n) is 27.3. The largest absolute Gasteiger partial charge is 0.308 e. The average molecular weight is 564 g/mol. The minimum absolute atomic E-state index is 0.0372. The van der Waals surface area contributed by atoms with Crippen molar-refractivity contribution in [1.29, 1.82) is 0 Å². The summed E-state index contributed by atoms with van der Waals surface area (Å²) in [6.45, 7) is 21.1. The van der Waals surface area contributed by atoms with Crippen LogP contribution in [0.25, 0.3) is 49.7 Å². The monoisotopic (exact) mass is 563 g/mol. The molecule has 0 atom stereocenters. The lowest BCUT2D eigenvalue weighted by molar-refractivity contribution is 0.530. The highest BCUT2D eigenvalue weighted by Gasteiger charge is 2.29. The van der Waals surface area contributed by atoms with Crippen LogP contribution in [0.4, 0.5) is 0 Å². The van der Waals surface area contributed by atoms with Crippen molar-refractivity contribution in [3.05, 3.63) is 126 Å². The number of rotatable bonds is 3. The van der Waals surface area contributed by atoms with Crippen molar-refractivity contribution in [3.63, 3.8) is 0 Å². The predicted molar refractivity (Wildman–Crippen MR) is 188 cm³/mol. The Hall–Kier alpha value is -4.10. The highest BCUT2D eigenvalue weighted by atomic mass is 15.0. The van der Waals surface area contributed by atoms with Crippen LogP contribution in [0.1, 0.15) is 79.0 Å². The Balaban J connectivity index is 1.73. The van der Waals surface area contributed by atoms with Crippen LogP contribution in [0.2, 0.25) is 0 Å². The molecule has 0 fully saturated rings. The number of hydrogen-bond acceptors (Lipinski definition) is 0. The molecule has 0 aliphatic heterocycles. The molecule has 0 unspecified atom stereocenters. The second kappa shape index (κ2) is 10.3. The Bertz CT molecular complexity index is 1950. The van der Waals surface area contributed by atoms with E-state index in [4.69, 9.17) is 0 Å². The molecule has 1 aromatic heterocycles. The molecule has 0 aliphatic rings. The fourth-order valence-electron chi connectivity index (χ4n) is 6.86. The van der Waals surface area contributed by atoms with Gasteiger partial charge in [-0.1, -0.05) is 159 Å². The van der Waals surface area contributed by atoms with Crippen LogP contribution in [-0.2, 0) is 16.2 Å². The first-order valence-electron chi connectivity index (χ1n) is 15.6. The molecule has 6 rings (SSSR count). The normalized spacial score (nSPS) is 12.8. The minimum Gasteiger partial charge on any atom is -0.308 e. The lowest BCUT2D eigenvalue weighted by atomic mass is 9.73. The Kier molecular flexibility index (Phi) is 6.92. The summed E-state index contributed by atoms with van der Waals surface area (Å²) in [4.78, 5) is 0. The summed E-state index contributed by atoms with van der Waals surface area (Å²) < 4.78 is 2.53. The molecule has 1 heteroatoms. The Morgan fingerprint density at radius 1 is 0.442 bits per heavy atom. The molecule has 1 nitrogen and oxygen atoms in total. The van der Waals surface area contributed by atoms with Gasteiger partial charge in [0.1, 0.15) is 0 Å². The Morgan fingerprint density at radius 3 is 1.72 bits per heavy atom. The second-order valence-corrected chi connectivity index (χ2v) is 15.1. The fourth-order valence-corrected chi connectivity index (χ4v) is 6.86. The number of para-hydroxylation sites is 2. The third-order valence-corrected chi connectivity index (χ3v) is 8.76. The summed E-state index contributed by atoms with van der Waals surface area (Å²) >= 11 is 0. The molecule has 0 saturated carbocycles. The van der Waals surface area contributed by atoms with Gasteiger partial charge in [0.15, 0.2) is 0 Å². The van der Waals surface area contributed by atoms with Gasteiger partial charge in [0.05, 0.1) is 16.7 Å². The summed E-state index contributed by atoms with van der Waals surface area (Å²) in [5.41, 5.74) is 13.0. The van der Waals surface area contributed by atoms with E-state index in [0.29, 0.717) is 0 Å². The van der Waals surface area contributed by atoms with Crippen molar-refractivity contribution < 1.29 is 0 Å². The van der Waals surface area contributed by atoms with Gasteiger partial charge in [-0.05, 0) is 61.8 Å². The van der Waals surface area contributed by atoms with Crippen LogP contribution in [-0.4, -0.2) is 4.57 Å². The number of aromatic nitrogens is 1. The zero-order valence-corrected chi connectivity index (χ0v) is 27.3. The summed E-state index contributed by atoms with van der Waals surface area (Å²) in [7, 11) is 0. The molecular weight excluding hydrogens is 518 g/mol. The molecule has 6 aromatic rings. The third-order valence-electron chi connectivity index (χ3n) is 8.76. The van der Waals surface area contributed by atoms with Crippen molar-refractivity contribution in [1.82, 2.24) is 4.57 Å². The number of benzene rings is 5. The molecule has 43 heavy (non-hydrogen) atoms. The van der Waals surface area contributed by atoms with Crippen LogP contribution in [0.5, 0.6) is 0 Å². The molecule has 0 N–H and O–H groups in total. The maximum Gasteiger partial charge on any atom is 0.0619 e. The van der Waals surface area contributed by atoms with E-state index in [1.54, 1.807) is 0 Å². The fraction of sp³-hybridized carbons (Fsp3) is 0.286. The quantitative estimate of drug-likeness (QED) is 0.202. The molecule has 1 heterocycles. The smallest absolute Gasteiger partial charge is 0.0619 e. The minimum atomic E-state index is -0.101. The van der Waals surface area contributed by atoms with Gasteiger partial charge in [-0.25, -0.2) is 0 Å². The summed E-state index contributed by atoms with van der Waals surface area (Å²) in [6.07, 6.45) is 0. The van der Waals surface area contributed by atoms with Crippen molar-refractivity contribution in [2.45, 2.75) is 78.6 Å². The van der Waals surface area contributed by atoms with Gasteiger partial charge < -0.3 is 4.57 Å². The second-order valence-electron chi connectivity index (χ2n) is 15.1. The molecule has 0 aliphatic carbocycles. The van der Waals surface area contributed by atoms with Gasteiger partial charge >= 0.3 is 0 Å². The molecule has 0 saturated heterocycles. The van der Waals surface area contributed by atoms with Gasteiger partial charge in [0.2, 0.25) is 0 Å². The molecule has 0 radical (unpaired) electrons. The molecule has 0 amide bonds. The number of hydrogen-bond donors (Lipinski definition) is 0. The first-order valence-corrected chi connectivity index (χ1v) is 15.6. The van der Waals surface area contributed by atoms with Crippen molar-refractivity contribution in [2.75, 3.05) is 0 Å². The average Bonchev–Trinajstić information content (AvgIpc) is 3.30. The van der Waals surface area contributed by atoms with Crippen molar-refractivity contribution >= 4 is 21.8 Å². The third kappa shape index (κ3) is 5.10. The van der Waals surface area contributed by atoms with E-state index in [9.17, 15) is 0 Å². The standard InChI is InChI=1S/C42H45N/c1-40(2,3)34-26-25-29(27-35(34)41(4,5)6)30-20-16-24-37(38(30)42(7,8)9)43-36-23-14-13-19-32(36)33-22-15-21-31(39(33)43)28-17-11-10-12-18-28/h10-27H,1-9H3. The Morgan fingerprint density at radius 2 is 1.05 bits per heavy atom. The first kappa shape index (κ1) is 29.0. The van der Waals surface area contributed by atoms with E-state index in [0.717, 1.165) is 0 Å². The van der Waals surface area contributed by atoms with E-state index < -0.39 is 0 Å². The maximum atomic E-state index is 2.53. The van der Waals surface area contributed by atoms with E-state index >= 15 is 0 Å².